The molecule has 1 atom stereocenters. The SMILES string of the molecule is CC(NN1CCOCC1)c1ccc2ccccc2c1O. The number of rotatable bonds is 3. The van der Waals surface area contributed by atoms with E-state index >= 15 is 0 Å². The van der Waals surface area contributed by atoms with Crippen molar-refractivity contribution in [2.75, 3.05) is 26.3 Å². The molecule has 2 N–H and O–H groups in total. The van der Waals surface area contributed by atoms with Crippen molar-refractivity contribution in [1.82, 2.24) is 10.4 Å². The second-order valence-corrected chi connectivity index (χ2v) is 5.17. The molecule has 0 aromatic heterocycles. The van der Waals surface area contributed by atoms with Crippen LogP contribution in [0, 0.1) is 0 Å². The topological polar surface area (TPSA) is 44.7 Å². The number of hydrogen-bond donors (Lipinski definition) is 2. The summed E-state index contributed by atoms with van der Waals surface area (Å²) in [6, 6.07) is 12.0. The van der Waals surface area contributed by atoms with Gasteiger partial charge in [-0.25, -0.2) is 10.4 Å². The molecule has 3 rings (SSSR count). The molecule has 1 aliphatic heterocycles. The molecule has 1 saturated heterocycles. The summed E-state index contributed by atoms with van der Waals surface area (Å²) in [5, 5.41) is 14.6. The van der Waals surface area contributed by atoms with Gasteiger partial charge in [0.25, 0.3) is 0 Å². The first-order valence-electron chi connectivity index (χ1n) is 7.05. The zero-order valence-corrected chi connectivity index (χ0v) is 11.7. The Labute approximate surface area is 118 Å². The average molecular weight is 272 g/mol. The zero-order valence-electron chi connectivity index (χ0n) is 11.7. The summed E-state index contributed by atoms with van der Waals surface area (Å²) in [7, 11) is 0. The number of hydrazine groups is 1. The van der Waals surface area contributed by atoms with Crippen LogP contribution in [0.1, 0.15) is 18.5 Å². The van der Waals surface area contributed by atoms with Crippen molar-refractivity contribution in [2.45, 2.75) is 13.0 Å². The monoisotopic (exact) mass is 272 g/mol. The van der Waals surface area contributed by atoms with E-state index in [0.717, 1.165) is 42.6 Å². The lowest BCUT2D eigenvalue weighted by Crippen LogP contribution is -2.46. The molecule has 1 heterocycles. The molecule has 1 fully saturated rings. The van der Waals surface area contributed by atoms with Crippen LogP contribution in [0.3, 0.4) is 0 Å². The van der Waals surface area contributed by atoms with Gasteiger partial charge in [-0.1, -0.05) is 36.4 Å². The number of phenolic OH excluding ortho intramolecular Hbond substituents is 1. The van der Waals surface area contributed by atoms with E-state index in [2.05, 4.69) is 23.4 Å². The number of phenols is 1. The van der Waals surface area contributed by atoms with Crippen LogP contribution in [0.4, 0.5) is 0 Å². The van der Waals surface area contributed by atoms with Gasteiger partial charge in [-0.05, 0) is 12.3 Å². The number of fused-ring (bicyclic) bond motifs is 1. The van der Waals surface area contributed by atoms with Gasteiger partial charge in [-0.2, -0.15) is 0 Å². The van der Waals surface area contributed by atoms with E-state index in [4.69, 9.17) is 4.74 Å². The molecule has 106 valence electrons. The highest BCUT2D eigenvalue weighted by Gasteiger charge is 2.17. The maximum Gasteiger partial charge on any atom is 0.128 e. The van der Waals surface area contributed by atoms with Crippen molar-refractivity contribution in [2.24, 2.45) is 0 Å². The maximum atomic E-state index is 10.5. The van der Waals surface area contributed by atoms with Gasteiger partial charge in [0, 0.05) is 30.1 Å². The predicted molar refractivity (Wildman–Crippen MR) is 79.6 cm³/mol. The van der Waals surface area contributed by atoms with E-state index in [0.29, 0.717) is 5.75 Å². The summed E-state index contributed by atoms with van der Waals surface area (Å²) in [5.74, 6) is 0.372. The van der Waals surface area contributed by atoms with Gasteiger partial charge in [0.15, 0.2) is 0 Å². The second kappa shape index (κ2) is 5.79. The Morgan fingerprint density at radius 1 is 1.15 bits per heavy atom. The fraction of sp³-hybridized carbons (Fsp3) is 0.375. The zero-order chi connectivity index (χ0) is 13.9. The lowest BCUT2D eigenvalue weighted by molar-refractivity contribution is 0.00471. The Morgan fingerprint density at radius 2 is 1.90 bits per heavy atom. The molecular weight excluding hydrogens is 252 g/mol. The first-order valence-corrected chi connectivity index (χ1v) is 7.05. The van der Waals surface area contributed by atoms with Crippen molar-refractivity contribution in [3.05, 3.63) is 42.0 Å². The lowest BCUT2D eigenvalue weighted by atomic mass is 10.0. The van der Waals surface area contributed by atoms with Crippen molar-refractivity contribution >= 4 is 10.8 Å². The van der Waals surface area contributed by atoms with Gasteiger partial charge in [-0.15, -0.1) is 0 Å². The van der Waals surface area contributed by atoms with Gasteiger partial charge in [-0.3, -0.25) is 0 Å². The summed E-state index contributed by atoms with van der Waals surface area (Å²) in [6.07, 6.45) is 0. The van der Waals surface area contributed by atoms with E-state index in [1.807, 2.05) is 30.3 Å². The largest absolute Gasteiger partial charge is 0.507 e. The van der Waals surface area contributed by atoms with Crippen molar-refractivity contribution in [3.63, 3.8) is 0 Å². The number of nitrogens with one attached hydrogen (secondary N) is 1. The number of morpholine rings is 1. The lowest BCUT2D eigenvalue weighted by Gasteiger charge is -2.30. The molecule has 1 aliphatic rings. The van der Waals surface area contributed by atoms with Crippen LogP contribution in [0.25, 0.3) is 10.8 Å². The van der Waals surface area contributed by atoms with Crippen LogP contribution < -0.4 is 5.43 Å². The molecule has 20 heavy (non-hydrogen) atoms. The Bertz CT molecular complexity index is 594. The number of benzene rings is 2. The van der Waals surface area contributed by atoms with Gasteiger partial charge >= 0.3 is 0 Å². The Balaban J connectivity index is 1.83. The third-order valence-electron chi connectivity index (χ3n) is 3.79. The minimum atomic E-state index is 0.0673. The fourth-order valence-corrected chi connectivity index (χ4v) is 2.66. The number of hydrogen-bond acceptors (Lipinski definition) is 4. The van der Waals surface area contributed by atoms with E-state index in [-0.39, 0.29) is 6.04 Å². The van der Waals surface area contributed by atoms with Crippen LogP contribution in [0.5, 0.6) is 5.75 Å². The van der Waals surface area contributed by atoms with Crippen LogP contribution in [-0.2, 0) is 4.74 Å². The van der Waals surface area contributed by atoms with E-state index in [1.165, 1.54) is 0 Å². The summed E-state index contributed by atoms with van der Waals surface area (Å²) in [4.78, 5) is 0. The molecule has 0 spiro atoms. The molecule has 0 bridgehead atoms. The summed E-state index contributed by atoms with van der Waals surface area (Å²) in [6.45, 7) is 5.32. The quantitative estimate of drug-likeness (QED) is 0.901. The third kappa shape index (κ3) is 2.63. The molecule has 0 radical (unpaired) electrons. The molecule has 2 aromatic carbocycles. The summed E-state index contributed by atoms with van der Waals surface area (Å²) < 4.78 is 5.34. The standard InChI is InChI=1S/C16H20N2O2/c1-12(17-18-8-10-20-11-9-18)14-7-6-13-4-2-3-5-15(13)16(14)19/h2-7,12,17,19H,8-11H2,1H3. The number of aromatic hydroxyl groups is 1. The molecule has 2 aromatic rings. The van der Waals surface area contributed by atoms with Gasteiger partial charge < -0.3 is 9.84 Å². The fourth-order valence-electron chi connectivity index (χ4n) is 2.66. The van der Waals surface area contributed by atoms with Gasteiger partial charge in [0.1, 0.15) is 5.75 Å². The van der Waals surface area contributed by atoms with E-state index in [1.54, 1.807) is 0 Å². The maximum absolute atomic E-state index is 10.5. The Hall–Kier alpha value is -1.62. The molecule has 0 amide bonds. The van der Waals surface area contributed by atoms with Crippen LogP contribution >= 0.6 is 0 Å². The van der Waals surface area contributed by atoms with Crippen molar-refractivity contribution in [3.8, 4) is 5.75 Å². The normalized spacial score (nSPS) is 18.2. The molecule has 0 aliphatic carbocycles. The molecule has 0 saturated carbocycles. The van der Waals surface area contributed by atoms with Crippen molar-refractivity contribution < 1.29 is 9.84 Å². The highest BCUT2D eigenvalue weighted by Crippen LogP contribution is 2.32. The second-order valence-electron chi connectivity index (χ2n) is 5.17. The number of nitrogens with zero attached hydrogens (tertiary/aromatic N) is 1. The van der Waals surface area contributed by atoms with Crippen LogP contribution in [-0.4, -0.2) is 36.4 Å². The van der Waals surface area contributed by atoms with E-state index in [9.17, 15) is 5.11 Å². The van der Waals surface area contributed by atoms with Gasteiger partial charge in [0.2, 0.25) is 0 Å². The van der Waals surface area contributed by atoms with Crippen molar-refractivity contribution in [1.29, 1.82) is 0 Å². The molecular formula is C16H20N2O2. The highest BCUT2D eigenvalue weighted by molar-refractivity contribution is 5.89. The molecule has 1 unspecified atom stereocenters. The average Bonchev–Trinajstić information content (AvgIpc) is 2.49. The van der Waals surface area contributed by atoms with Crippen LogP contribution in [0.15, 0.2) is 36.4 Å². The first kappa shape index (κ1) is 13.4. The summed E-state index contributed by atoms with van der Waals surface area (Å²) >= 11 is 0. The molecule has 4 nitrogen and oxygen atoms in total. The minimum Gasteiger partial charge on any atom is -0.507 e. The van der Waals surface area contributed by atoms with Crippen LogP contribution in [0.2, 0.25) is 0 Å². The highest BCUT2D eigenvalue weighted by atomic mass is 16.5. The van der Waals surface area contributed by atoms with Gasteiger partial charge in [0.05, 0.1) is 13.2 Å². The Kier molecular flexibility index (Phi) is 3.87. The number of ether oxygens (including phenoxy) is 1. The third-order valence-corrected chi connectivity index (χ3v) is 3.79. The smallest absolute Gasteiger partial charge is 0.128 e. The first-order chi connectivity index (χ1) is 9.75. The van der Waals surface area contributed by atoms with E-state index < -0.39 is 0 Å². The summed E-state index contributed by atoms with van der Waals surface area (Å²) in [5.41, 5.74) is 4.36. The Morgan fingerprint density at radius 3 is 2.70 bits per heavy atom. The predicted octanol–water partition coefficient (Wildman–Crippen LogP) is 2.44. The minimum absolute atomic E-state index is 0.0673. The molecule has 4 heteroatoms.